The van der Waals surface area contributed by atoms with E-state index in [-0.39, 0.29) is 30.7 Å². The van der Waals surface area contributed by atoms with Gasteiger partial charge >= 0.3 is 0 Å². The van der Waals surface area contributed by atoms with Crippen LogP contribution >= 0.6 is 0 Å². The summed E-state index contributed by atoms with van der Waals surface area (Å²) in [5.74, 6) is -0.562. The number of methoxy groups -OCH3 is 1. The average molecular weight is 455 g/mol. The Bertz CT molecular complexity index is 1040. The van der Waals surface area contributed by atoms with Crippen molar-refractivity contribution in [2.45, 2.75) is 6.42 Å². The van der Waals surface area contributed by atoms with E-state index in [9.17, 15) is 18.8 Å². The van der Waals surface area contributed by atoms with Crippen LogP contribution in [0.3, 0.4) is 0 Å². The van der Waals surface area contributed by atoms with Crippen LogP contribution in [-0.2, 0) is 14.4 Å². The van der Waals surface area contributed by atoms with E-state index in [0.29, 0.717) is 49.8 Å². The van der Waals surface area contributed by atoms with Gasteiger partial charge in [0.05, 0.1) is 25.3 Å². The molecule has 0 radical (unpaired) electrons. The fraction of sp³-hybridized carbons (Fsp3) is 0.375. The second kappa shape index (κ2) is 9.99. The van der Waals surface area contributed by atoms with E-state index in [2.05, 4.69) is 5.32 Å². The first-order valence-electron chi connectivity index (χ1n) is 10.9. The van der Waals surface area contributed by atoms with Crippen LogP contribution in [0, 0.1) is 11.7 Å². The molecule has 2 aromatic carbocycles. The second-order valence-electron chi connectivity index (χ2n) is 8.24. The molecule has 2 heterocycles. The monoisotopic (exact) mass is 454 g/mol. The Morgan fingerprint density at radius 2 is 1.85 bits per heavy atom. The van der Waals surface area contributed by atoms with Crippen LogP contribution in [0.1, 0.15) is 6.42 Å². The molecule has 2 aromatic rings. The van der Waals surface area contributed by atoms with Gasteiger partial charge in [-0.3, -0.25) is 19.3 Å². The number of hydrogen-bond donors (Lipinski definition) is 1. The predicted octanol–water partition coefficient (Wildman–Crippen LogP) is 1.97. The highest BCUT2D eigenvalue weighted by molar-refractivity contribution is 6.01. The molecule has 0 saturated carbocycles. The zero-order valence-electron chi connectivity index (χ0n) is 18.5. The summed E-state index contributed by atoms with van der Waals surface area (Å²) in [4.78, 5) is 43.3. The van der Waals surface area contributed by atoms with Gasteiger partial charge in [-0.05, 0) is 30.3 Å². The smallest absolute Gasteiger partial charge is 0.238 e. The molecule has 4 rings (SSSR count). The number of carbonyl (C=O) groups excluding carboxylic acids is 3. The molecule has 0 aliphatic carbocycles. The molecule has 33 heavy (non-hydrogen) atoms. The lowest BCUT2D eigenvalue weighted by molar-refractivity contribution is -0.137. The molecular weight excluding hydrogens is 427 g/mol. The Hall–Kier alpha value is -3.46. The molecule has 8 nitrogen and oxygen atoms in total. The van der Waals surface area contributed by atoms with Crippen LogP contribution in [0.4, 0.5) is 15.8 Å². The number of hydrogen-bond acceptors (Lipinski definition) is 5. The minimum Gasteiger partial charge on any atom is -0.495 e. The molecule has 1 atom stereocenters. The second-order valence-corrected chi connectivity index (χ2v) is 8.24. The number of para-hydroxylation sites is 2. The standard InChI is InChI=1S/C24H27FN4O4/c1-33-21-8-3-2-7-20(21)29-15-17(13-23(29)31)24(32)28-11-9-27(10-12-28)16-22(30)26-19-6-4-5-18(25)14-19/h2-8,14,17H,9-13,15-16H2,1H3,(H,26,30). The summed E-state index contributed by atoms with van der Waals surface area (Å²) in [6, 6.07) is 13.0. The molecule has 3 amide bonds. The SMILES string of the molecule is COc1ccccc1N1CC(C(=O)N2CCN(CC(=O)Nc3cccc(F)c3)CC2)CC1=O. The maximum Gasteiger partial charge on any atom is 0.238 e. The summed E-state index contributed by atoms with van der Waals surface area (Å²) in [7, 11) is 1.56. The summed E-state index contributed by atoms with van der Waals surface area (Å²) in [5.41, 5.74) is 1.09. The third-order valence-corrected chi connectivity index (χ3v) is 6.01. The lowest BCUT2D eigenvalue weighted by Crippen LogP contribution is -2.52. The molecule has 1 unspecified atom stereocenters. The summed E-state index contributed by atoms with van der Waals surface area (Å²) in [6.45, 7) is 2.59. The highest BCUT2D eigenvalue weighted by atomic mass is 19.1. The molecule has 9 heteroatoms. The fourth-order valence-electron chi connectivity index (χ4n) is 4.31. The molecule has 0 bridgehead atoms. The van der Waals surface area contributed by atoms with Crippen LogP contribution in [0.15, 0.2) is 48.5 Å². The summed E-state index contributed by atoms with van der Waals surface area (Å²) >= 11 is 0. The van der Waals surface area contributed by atoms with E-state index in [1.165, 1.54) is 18.2 Å². The highest BCUT2D eigenvalue weighted by Gasteiger charge is 2.38. The van der Waals surface area contributed by atoms with Crippen molar-refractivity contribution in [2.75, 3.05) is 56.6 Å². The van der Waals surface area contributed by atoms with Crippen molar-refractivity contribution in [3.63, 3.8) is 0 Å². The van der Waals surface area contributed by atoms with Crippen molar-refractivity contribution < 1.29 is 23.5 Å². The first kappa shape index (κ1) is 22.7. The summed E-state index contributed by atoms with van der Waals surface area (Å²) in [6.07, 6.45) is 0.174. The molecule has 2 fully saturated rings. The number of benzene rings is 2. The van der Waals surface area contributed by atoms with E-state index in [1.807, 2.05) is 23.1 Å². The van der Waals surface area contributed by atoms with Gasteiger partial charge in [-0.2, -0.15) is 0 Å². The van der Waals surface area contributed by atoms with Gasteiger partial charge in [0.1, 0.15) is 11.6 Å². The van der Waals surface area contributed by atoms with Crippen LogP contribution in [0.5, 0.6) is 5.75 Å². The number of rotatable bonds is 6. The van der Waals surface area contributed by atoms with Crippen molar-refractivity contribution in [1.82, 2.24) is 9.80 Å². The number of piperazine rings is 1. The third-order valence-electron chi connectivity index (χ3n) is 6.01. The third kappa shape index (κ3) is 5.31. The summed E-state index contributed by atoms with van der Waals surface area (Å²) < 4.78 is 18.6. The number of nitrogens with one attached hydrogen (secondary N) is 1. The van der Waals surface area contributed by atoms with Crippen molar-refractivity contribution in [1.29, 1.82) is 0 Å². The number of nitrogens with zero attached hydrogens (tertiary/aromatic N) is 3. The minimum absolute atomic E-state index is 0.0374. The van der Waals surface area contributed by atoms with Gasteiger partial charge in [0.25, 0.3) is 0 Å². The maximum atomic E-state index is 13.3. The molecule has 2 aliphatic rings. The first-order chi connectivity index (χ1) is 15.9. The van der Waals surface area contributed by atoms with Crippen LogP contribution < -0.4 is 15.0 Å². The van der Waals surface area contributed by atoms with Gasteiger partial charge in [-0.25, -0.2) is 4.39 Å². The van der Waals surface area contributed by atoms with Crippen molar-refractivity contribution in [3.05, 3.63) is 54.3 Å². The number of anilines is 2. The largest absolute Gasteiger partial charge is 0.495 e. The lowest BCUT2D eigenvalue weighted by Gasteiger charge is -2.35. The van der Waals surface area contributed by atoms with Crippen molar-refractivity contribution in [2.24, 2.45) is 5.92 Å². The Morgan fingerprint density at radius 1 is 1.09 bits per heavy atom. The summed E-state index contributed by atoms with van der Waals surface area (Å²) in [5, 5.41) is 2.69. The van der Waals surface area contributed by atoms with E-state index in [1.54, 1.807) is 29.0 Å². The first-order valence-corrected chi connectivity index (χ1v) is 10.9. The molecule has 0 spiro atoms. The molecule has 174 valence electrons. The Balaban J connectivity index is 1.28. The highest BCUT2D eigenvalue weighted by Crippen LogP contribution is 2.33. The predicted molar refractivity (Wildman–Crippen MR) is 122 cm³/mol. The van der Waals surface area contributed by atoms with E-state index in [4.69, 9.17) is 4.74 Å². The fourth-order valence-corrected chi connectivity index (χ4v) is 4.31. The van der Waals surface area contributed by atoms with Crippen LogP contribution in [-0.4, -0.2) is 73.9 Å². The van der Waals surface area contributed by atoms with Crippen LogP contribution in [0.2, 0.25) is 0 Å². The molecule has 0 aromatic heterocycles. The average Bonchev–Trinajstić information content (AvgIpc) is 3.20. The van der Waals surface area contributed by atoms with Crippen molar-refractivity contribution >= 4 is 29.1 Å². The molecule has 2 saturated heterocycles. The normalized spacial score (nSPS) is 19.0. The lowest BCUT2D eigenvalue weighted by atomic mass is 10.1. The zero-order valence-corrected chi connectivity index (χ0v) is 18.5. The quantitative estimate of drug-likeness (QED) is 0.722. The maximum absolute atomic E-state index is 13.3. The molecule has 2 aliphatic heterocycles. The number of halogens is 1. The van der Waals surface area contributed by atoms with Gasteiger partial charge in [0, 0.05) is 44.8 Å². The van der Waals surface area contributed by atoms with E-state index < -0.39 is 11.7 Å². The Morgan fingerprint density at radius 3 is 2.58 bits per heavy atom. The molecular formula is C24H27FN4O4. The minimum atomic E-state index is -0.408. The topological polar surface area (TPSA) is 82.2 Å². The number of ether oxygens (including phenoxy) is 1. The number of amides is 3. The van der Waals surface area contributed by atoms with Gasteiger partial charge in [-0.15, -0.1) is 0 Å². The Kier molecular flexibility index (Phi) is 6.88. The van der Waals surface area contributed by atoms with Crippen LogP contribution in [0.25, 0.3) is 0 Å². The zero-order chi connectivity index (χ0) is 23.4. The number of carbonyl (C=O) groups is 3. The van der Waals surface area contributed by atoms with Gasteiger partial charge in [0.15, 0.2) is 0 Å². The van der Waals surface area contributed by atoms with Gasteiger partial charge < -0.3 is 19.9 Å². The van der Waals surface area contributed by atoms with Gasteiger partial charge in [-0.1, -0.05) is 18.2 Å². The molecule has 1 N–H and O–H groups in total. The van der Waals surface area contributed by atoms with Crippen molar-refractivity contribution in [3.8, 4) is 5.75 Å². The van der Waals surface area contributed by atoms with E-state index in [0.717, 1.165) is 0 Å². The van der Waals surface area contributed by atoms with Gasteiger partial charge in [0.2, 0.25) is 17.7 Å². The Labute approximate surface area is 191 Å². The van der Waals surface area contributed by atoms with E-state index >= 15 is 0 Å².